The summed E-state index contributed by atoms with van der Waals surface area (Å²) in [6.45, 7) is 17.4. The molecule has 8 atom stereocenters. The highest BCUT2D eigenvalue weighted by molar-refractivity contribution is 5.68. The molecule has 5 aliphatic rings. The van der Waals surface area contributed by atoms with Crippen LogP contribution >= 0.6 is 0 Å². The molecule has 45 heavy (non-hydrogen) atoms. The van der Waals surface area contributed by atoms with Gasteiger partial charge in [0.2, 0.25) is 0 Å². The Kier molecular flexibility index (Phi) is 11.8. The Balaban J connectivity index is 1.04. The second kappa shape index (κ2) is 15.4. The summed E-state index contributed by atoms with van der Waals surface area (Å²) in [6.07, 6.45) is 15.4. The number of carbonyl (C=O) groups is 2. The topological polar surface area (TPSA) is 89.1 Å². The molecule has 1 heterocycles. The lowest BCUT2D eigenvalue weighted by atomic mass is 9.47. The first kappa shape index (κ1) is 34.5. The summed E-state index contributed by atoms with van der Waals surface area (Å²) in [4.78, 5) is 26.8. The summed E-state index contributed by atoms with van der Waals surface area (Å²) in [5.41, 5.74) is 2.28. The normalized spacial score (nSPS) is 35.4. The van der Waals surface area contributed by atoms with Crippen LogP contribution in [0.15, 0.2) is 11.6 Å². The predicted octanol–water partition coefficient (Wildman–Crippen LogP) is 7.18. The molecule has 8 heteroatoms. The highest BCUT2D eigenvalue weighted by atomic mass is 16.6. The molecule has 3 saturated carbocycles. The zero-order valence-corrected chi connectivity index (χ0v) is 29.0. The first-order valence-corrected chi connectivity index (χ1v) is 18.4. The van der Waals surface area contributed by atoms with Crippen molar-refractivity contribution in [2.45, 2.75) is 111 Å². The van der Waals surface area contributed by atoms with Crippen LogP contribution < -0.4 is 10.6 Å². The summed E-state index contributed by atoms with van der Waals surface area (Å²) in [7, 11) is 0. The van der Waals surface area contributed by atoms with E-state index in [2.05, 4.69) is 56.2 Å². The van der Waals surface area contributed by atoms with E-state index in [0.29, 0.717) is 12.0 Å². The van der Waals surface area contributed by atoms with Gasteiger partial charge in [-0.05, 0) is 91.3 Å². The first-order chi connectivity index (χ1) is 21.6. The summed E-state index contributed by atoms with van der Waals surface area (Å²) < 4.78 is 16.4. The third-order valence-corrected chi connectivity index (χ3v) is 12.9. The van der Waals surface area contributed by atoms with Gasteiger partial charge in [0.15, 0.2) is 0 Å². The fourth-order valence-electron chi connectivity index (χ4n) is 10.4. The minimum Gasteiger partial charge on any atom is -0.448 e. The molecule has 0 spiro atoms. The van der Waals surface area contributed by atoms with Crippen molar-refractivity contribution < 1.29 is 23.8 Å². The number of morpholine rings is 1. The average molecular weight is 630 g/mol. The van der Waals surface area contributed by atoms with E-state index in [4.69, 9.17) is 14.2 Å². The number of amides is 2. The number of ether oxygens (including phenoxy) is 3. The van der Waals surface area contributed by atoms with Crippen molar-refractivity contribution in [2.75, 3.05) is 52.5 Å². The molecular weight excluding hydrogens is 566 g/mol. The quantitative estimate of drug-likeness (QED) is 0.176. The Hall–Kier alpha value is -1.80. The third-order valence-electron chi connectivity index (χ3n) is 12.9. The highest BCUT2D eigenvalue weighted by Gasteiger charge is 2.59. The van der Waals surface area contributed by atoms with Crippen LogP contribution in [0.5, 0.6) is 0 Å². The molecule has 1 saturated heterocycles. The van der Waals surface area contributed by atoms with E-state index >= 15 is 0 Å². The molecule has 1 aliphatic heterocycles. The van der Waals surface area contributed by atoms with E-state index in [1.165, 1.54) is 56.9 Å². The average Bonchev–Trinajstić information content (AvgIpc) is 3.37. The number of nitrogens with zero attached hydrogens (tertiary/aromatic N) is 1. The molecule has 0 bridgehead atoms. The monoisotopic (exact) mass is 629 g/mol. The Morgan fingerprint density at radius 3 is 2.53 bits per heavy atom. The second-order valence-corrected chi connectivity index (χ2v) is 16.0. The predicted molar refractivity (Wildman–Crippen MR) is 178 cm³/mol. The van der Waals surface area contributed by atoms with Gasteiger partial charge in [0.1, 0.15) is 12.7 Å². The van der Waals surface area contributed by atoms with Crippen molar-refractivity contribution in [3.8, 4) is 0 Å². The molecule has 256 valence electrons. The van der Waals surface area contributed by atoms with Crippen molar-refractivity contribution in [3.63, 3.8) is 0 Å². The number of hydrogen-bond acceptors (Lipinski definition) is 6. The molecule has 5 rings (SSSR count). The molecule has 0 aromatic carbocycles. The molecule has 2 N–H and O–H groups in total. The summed E-state index contributed by atoms with van der Waals surface area (Å²) in [6, 6.07) is 0. The number of allylic oxidation sites excluding steroid dienone is 1. The van der Waals surface area contributed by atoms with Crippen LogP contribution in [0.2, 0.25) is 0 Å². The van der Waals surface area contributed by atoms with Gasteiger partial charge in [-0.3, -0.25) is 4.90 Å². The van der Waals surface area contributed by atoms with Crippen molar-refractivity contribution >= 4 is 12.2 Å². The van der Waals surface area contributed by atoms with Crippen LogP contribution in [-0.2, 0) is 14.2 Å². The van der Waals surface area contributed by atoms with Gasteiger partial charge in [0, 0.05) is 32.6 Å². The van der Waals surface area contributed by atoms with Crippen molar-refractivity contribution in [1.82, 2.24) is 15.5 Å². The number of hydrogen-bond donors (Lipinski definition) is 2. The minimum atomic E-state index is -0.458. The summed E-state index contributed by atoms with van der Waals surface area (Å²) in [5.74, 6) is 4.97. The molecular formula is C37H63N3O5. The first-order valence-electron chi connectivity index (χ1n) is 18.4. The zero-order chi connectivity index (χ0) is 32.0. The number of alkyl carbamates (subject to hydrolysis) is 2. The van der Waals surface area contributed by atoms with Crippen LogP contribution in [0, 0.1) is 46.3 Å². The zero-order valence-electron chi connectivity index (χ0n) is 29.0. The standard InChI is InChI=1S/C37H63N3O5/c1-26(2)7-6-8-27(3)31-11-12-32-30-10-9-28-25-29(13-15-36(28,4)33(30)14-16-37(31,32)5)45-35(42)39-18-22-44-34(41)38-17-19-40-20-23-43-24-21-40/h9,26-27,29-33H,6-8,10-25H2,1-5H3,(H,38,41)(H,39,42)/t27-,29?,30+,31-,32+,33+,36+,37-/m1/s1. The van der Waals surface area contributed by atoms with Gasteiger partial charge in [-0.25, -0.2) is 9.59 Å². The minimum absolute atomic E-state index is 0.0818. The highest BCUT2D eigenvalue weighted by Crippen LogP contribution is 2.67. The Bertz CT molecular complexity index is 1030. The van der Waals surface area contributed by atoms with Crippen molar-refractivity contribution in [3.05, 3.63) is 11.6 Å². The third kappa shape index (κ3) is 8.20. The number of carbonyl (C=O) groups excluding carboxylic acids is 2. The van der Waals surface area contributed by atoms with Gasteiger partial charge in [0.25, 0.3) is 0 Å². The summed E-state index contributed by atoms with van der Waals surface area (Å²) >= 11 is 0. The molecule has 2 amide bonds. The van der Waals surface area contributed by atoms with Gasteiger partial charge in [-0.2, -0.15) is 0 Å². The molecule has 8 nitrogen and oxygen atoms in total. The van der Waals surface area contributed by atoms with Gasteiger partial charge < -0.3 is 24.8 Å². The Morgan fingerprint density at radius 1 is 0.978 bits per heavy atom. The molecule has 0 aromatic heterocycles. The van der Waals surface area contributed by atoms with E-state index in [1.807, 2.05) is 0 Å². The fourth-order valence-corrected chi connectivity index (χ4v) is 10.4. The van der Waals surface area contributed by atoms with E-state index in [9.17, 15) is 9.59 Å². The van der Waals surface area contributed by atoms with Crippen LogP contribution in [0.1, 0.15) is 105 Å². The molecule has 4 aliphatic carbocycles. The van der Waals surface area contributed by atoms with Crippen LogP contribution in [-0.4, -0.2) is 75.7 Å². The van der Waals surface area contributed by atoms with E-state index < -0.39 is 12.2 Å². The lowest BCUT2D eigenvalue weighted by Gasteiger charge is -2.58. The smallest absolute Gasteiger partial charge is 0.407 e. The fraction of sp³-hybridized carbons (Fsp3) is 0.892. The largest absolute Gasteiger partial charge is 0.448 e. The maximum absolute atomic E-state index is 12.6. The van der Waals surface area contributed by atoms with Gasteiger partial charge in [-0.15, -0.1) is 0 Å². The Morgan fingerprint density at radius 2 is 1.76 bits per heavy atom. The molecule has 0 aromatic rings. The van der Waals surface area contributed by atoms with Crippen LogP contribution in [0.25, 0.3) is 0 Å². The van der Waals surface area contributed by atoms with E-state index in [1.54, 1.807) is 0 Å². The second-order valence-electron chi connectivity index (χ2n) is 16.0. The Labute approximate surface area is 273 Å². The van der Waals surface area contributed by atoms with Gasteiger partial charge in [0.05, 0.1) is 19.8 Å². The molecule has 1 unspecified atom stereocenters. The van der Waals surface area contributed by atoms with E-state index in [-0.39, 0.29) is 24.7 Å². The summed E-state index contributed by atoms with van der Waals surface area (Å²) in [5, 5.41) is 5.54. The molecule has 4 fully saturated rings. The van der Waals surface area contributed by atoms with Crippen LogP contribution in [0.4, 0.5) is 9.59 Å². The lowest BCUT2D eigenvalue weighted by molar-refractivity contribution is -0.0581. The van der Waals surface area contributed by atoms with Crippen molar-refractivity contribution in [1.29, 1.82) is 0 Å². The van der Waals surface area contributed by atoms with Crippen molar-refractivity contribution in [2.24, 2.45) is 46.3 Å². The lowest BCUT2D eigenvalue weighted by Crippen LogP contribution is -2.51. The molecule has 0 radical (unpaired) electrons. The maximum atomic E-state index is 12.6. The van der Waals surface area contributed by atoms with Crippen LogP contribution in [0.3, 0.4) is 0 Å². The van der Waals surface area contributed by atoms with E-state index in [0.717, 1.165) is 87.6 Å². The number of nitrogens with one attached hydrogen (secondary N) is 2. The number of rotatable bonds is 12. The van der Waals surface area contributed by atoms with Gasteiger partial charge in [-0.1, -0.05) is 65.5 Å². The maximum Gasteiger partial charge on any atom is 0.407 e. The number of fused-ring (bicyclic) bond motifs is 5. The van der Waals surface area contributed by atoms with Gasteiger partial charge >= 0.3 is 12.2 Å². The SMILES string of the molecule is CC(C)CCC[C@@H](C)[C@H]1CC[C@H]2[C@@H]3CC=C4CC(OC(=O)NCCOC(=O)NCCN5CCOCC5)CC[C@]4(C)[C@H]3CC[C@]12C.